The molecule has 0 N–H and O–H groups in total. The third kappa shape index (κ3) is 5.42. The van der Waals surface area contributed by atoms with Gasteiger partial charge in [0.15, 0.2) is 0 Å². The summed E-state index contributed by atoms with van der Waals surface area (Å²) < 4.78 is 4.95. The van der Waals surface area contributed by atoms with E-state index in [1.165, 1.54) is 0 Å². The molecule has 1 aromatic rings. The van der Waals surface area contributed by atoms with Crippen LogP contribution in [-0.2, 0) is 9.53 Å². The topological polar surface area (TPSA) is 50.1 Å². The molecular formula is C12H13NO2S. The van der Waals surface area contributed by atoms with Crippen LogP contribution in [-0.4, -0.2) is 18.3 Å². The summed E-state index contributed by atoms with van der Waals surface area (Å²) in [5, 5.41) is 8.27. The molecule has 0 saturated heterocycles. The Hall–Kier alpha value is -1.47. The fourth-order valence-corrected chi connectivity index (χ4v) is 1.81. The zero-order valence-electron chi connectivity index (χ0n) is 8.89. The van der Waals surface area contributed by atoms with Gasteiger partial charge in [0.05, 0.1) is 12.5 Å². The van der Waals surface area contributed by atoms with E-state index in [4.69, 9.17) is 10.00 Å². The number of rotatable bonds is 6. The number of benzene rings is 1. The molecule has 16 heavy (non-hydrogen) atoms. The molecule has 0 aromatic heterocycles. The van der Waals surface area contributed by atoms with Gasteiger partial charge in [-0.3, -0.25) is 4.79 Å². The number of hydrogen-bond donors (Lipinski definition) is 0. The fourth-order valence-electron chi connectivity index (χ4n) is 1.06. The third-order valence-electron chi connectivity index (χ3n) is 1.80. The van der Waals surface area contributed by atoms with Gasteiger partial charge in [0.2, 0.25) is 0 Å². The second-order valence-electron chi connectivity index (χ2n) is 3.04. The number of thioether (sulfide) groups is 1. The molecule has 3 nitrogen and oxygen atoms in total. The number of esters is 1. The van der Waals surface area contributed by atoms with Crippen LogP contribution in [0.3, 0.4) is 0 Å². The predicted octanol–water partition coefficient (Wildman–Crippen LogP) is 2.63. The highest BCUT2D eigenvalue weighted by atomic mass is 32.2. The van der Waals surface area contributed by atoms with E-state index in [2.05, 4.69) is 0 Å². The summed E-state index contributed by atoms with van der Waals surface area (Å²) in [6, 6.07) is 11.9. The van der Waals surface area contributed by atoms with Gasteiger partial charge in [-0.2, -0.15) is 5.26 Å². The number of nitriles is 1. The molecule has 0 saturated carbocycles. The van der Waals surface area contributed by atoms with Crippen molar-refractivity contribution in [3.63, 3.8) is 0 Å². The Morgan fingerprint density at radius 3 is 2.81 bits per heavy atom. The lowest BCUT2D eigenvalue weighted by Crippen LogP contribution is -2.06. The van der Waals surface area contributed by atoms with Crippen molar-refractivity contribution in [2.24, 2.45) is 0 Å². The molecule has 0 fully saturated rings. The van der Waals surface area contributed by atoms with E-state index in [-0.39, 0.29) is 18.8 Å². The normalized spacial score (nSPS) is 9.44. The Morgan fingerprint density at radius 1 is 1.38 bits per heavy atom. The highest BCUT2D eigenvalue weighted by Gasteiger charge is 2.01. The summed E-state index contributed by atoms with van der Waals surface area (Å²) in [5.41, 5.74) is 0. The van der Waals surface area contributed by atoms with E-state index < -0.39 is 0 Å². The van der Waals surface area contributed by atoms with Gasteiger partial charge in [0.1, 0.15) is 6.61 Å². The van der Waals surface area contributed by atoms with Crippen molar-refractivity contribution in [1.82, 2.24) is 0 Å². The second-order valence-corrected chi connectivity index (χ2v) is 4.21. The van der Waals surface area contributed by atoms with Crippen LogP contribution in [0.5, 0.6) is 0 Å². The Morgan fingerprint density at radius 2 is 2.12 bits per heavy atom. The highest BCUT2D eigenvalue weighted by molar-refractivity contribution is 7.99. The van der Waals surface area contributed by atoms with Crippen molar-refractivity contribution in [3.8, 4) is 6.07 Å². The Balaban J connectivity index is 2.08. The van der Waals surface area contributed by atoms with Gasteiger partial charge in [-0.1, -0.05) is 18.2 Å². The van der Waals surface area contributed by atoms with Gasteiger partial charge in [0, 0.05) is 17.1 Å². The number of carbonyl (C=O) groups excluding carboxylic acids is 1. The van der Waals surface area contributed by atoms with E-state index in [0.717, 1.165) is 10.6 Å². The first-order valence-corrected chi connectivity index (χ1v) is 6.02. The van der Waals surface area contributed by atoms with Crippen LogP contribution >= 0.6 is 11.8 Å². The maximum Gasteiger partial charge on any atom is 0.306 e. The average molecular weight is 235 g/mol. The smallest absolute Gasteiger partial charge is 0.306 e. The zero-order chi connectivity index (χ0) is 11.6. The number of ether oxygens (including phenoxy) is 1. The SMILES string of the molecule is N#CCCC(=O)OCCSc1ccccc1. The molecule has 0 aliphatic heterocycles. The molecule has 0 heterocycles. The number of nitrogens with zero attached hydrogens (tertiary/aromatic N) is 1. The van der Waals surface area contributed by atoms with Gasteiger partial charge in [0.25, 0.3) is 0 Å². The zero-order valence-corrected chi connectivity index (χ0v) is 9.70. The molecular weight excluding hydrogens is 222 g/mol. The molecule has 0 unspecified atom stereocenters. The molecule has 0 spiro atoms. The lowest BCUT2D eigenvalue weighted by atomic mass is 10.3. The fraction of sp³-hybridized carbons (Fsp3) is 0.333. The summed E-state index contributed by atoms with van der Waals surface area (Å²) in [6.07, 6.45) is 0.414. The number of carbonyl (C=O) groups is 1. The first-order valence-electron chi connectivity index (χ1n) is 5.03. The first kappa shape index (κ1) is 12.6. The maximum absolute atomic E-state index is 11.0. The third-order valence-corrected chi connectivity index (χ3v) is 2.78. The van der Waals surface area contributed by atoms with Crippen LogP contribution < -0.4 is 0 Å². The van der Waals surface area contributed by atoms with Crippen molar-refractivity contribution in [2.75, 3.05) is 12.4 Å². The van der Waals surface area contributed by atoms with Crippen molar-refractivity contribution >= 4 is 17.7 Å². The van der Waals surface area contributed by atoms with Gasteiger partial charge < -0.3 is 4.74 Å². The maximum atomic E-state index is 11.0. The van der Waals surface area contributed by atoms with Crippen molar-refractivity contribution in [3.05, 3.63) is 30.3 Å². The van der Waals surface area contributed by atoms with Crippen LogP contribution in [0.2, 0.25) is 0 Å². The molecule has 0 bridgehead atoms. The van der Waals surface area contributed by atoms with Crippen LogP contribution in [0, 0.1) is 11.3 Å². The molecule has 1 rings (SSSR count). The minimum absolute atomic E-state index is 0.187. The Bertz CT molecular complexity index is 359. The molecule has 4 heteroatoms. The number of hydrogen-bond acceptors (Lipinski definition) is 4. The minimum atomic E-state index is -0.296. The molecule has 84 valence electrons. The molecule has 0 radical (unpaired) electrons. The standard InChI is InChI=1S/C12H13NO2S/c13-8-4-7-12(14)15-9-10-16-11-5-2-1-3-6-11/h1-3,5-6H,4,7,9-10H2. The second kappa shape index (κ2) is 7.77. The quantitative estimate of drug-likeness (QED) is 0.432. The molecule has 0 atom stereocenters. The summed E-state index contributed by atoms with van der Waals surface area (Å²) in [6.45, 7) is 0.393. The molecule has 1 aromatic carbocycles. The summed E-state index contributed by atoms with van der Waals surface area (Å²) in [7, 11) is 0. The Labute approximate surface area is 99.4 Å². The van der Waals surface area contributed by atoms with Crippen LogP contribution in [0.15, 0.2) is 35.2 Å². The highest BCUT2D eigenvalue weighted by Crippen LogP contribution is 2.16. The van der Waals surface area contributed by atoms with Crippen LogP contribution in [0.1, 0.15) is 12.8 Å². The van der Waals surface area contributed by atoms with Crippen molar-refractivity contribution in [1.29, 1.82) is 5.26 Å². The van der Waals surface area contributed by atoms with E-state index in [9.17, 15) is 4.79 Å². The molecule has 0 amide bonds. The summed E-state index contributed by atoms with van der Waals surface area (Å²) in [5.74, 6) is 0.442. The van der Waals surface area contributed by atoms with E-state index in [1.807, 2.05) is 36.4 Å². The Kier molecular flexibility index (Phi) is 6.12. The van der Waals surface area contributed by atoms with Gasteiger partial charge in [-0.15, -0.1) is 11.8 Å². The van der Waals surface area contributed by atoms with Gasteiger partial charge in [-0.05, 0) is 12.1 Å². The van der Waals surface area contributed by atoms with Crippen molar-refractivity contribution < 1.29 is 9.53 Å². The average Bonchev–Trinajstić information content (AvgIpc) is 2.33. The lowest BCUT2D eigenvalue weighted by molar-refractivity contribution is -0.142. The molecule has 0 aliphatic carbocycles. The van der Waals surface area contributed by atoms with E-state index in [0.29, 0.717) is 6.61 Å². The monoisotopic (exact) mass is 235 g/mol. The van der Waals surface area contributed by atoms with Crippen LogP contribution in [0.4, 0.5) is 0 Å². The summed E-state index contributed by atoms with van der Waals surface area (Å²) in [4.78, 5) is 12.2. The minimum Gasteiger partial charge on any atom is -0.465 e. The van der Waals surface area contributed by atoms with Gasteiger partial charge >= 0.3 is 5.97 Å². The predicted molar refractivity (Wildman–Crippen MR) is 63.0 cm³/mol. The first-order chi connectivity index (χ1) is 7.83. The summed E-state index contributed by atoms with van der Waals surface area (Å²) >= 11 is 1.64. The van der Waals surface area contributed by atoms with E-state index >= 15 is 0 Å². The van der Waals surface area contributed by atoms with Crippen LogP contribution in [0.25, 0.3) is 0 Å². The lowest BCUT2D eigenvalue weighted by Gasteiger charge is -2.03. The van der Waals surface area contributed by atoms with Crippen molar-refractivity contribution in [2.45, 2.75) is 17.7 Å². The van der Waals surface area contributed by atoms with E-state index in [1.54, 1.807) is 11.8 Å². The van der Waals surface area contributed by atoms with Gasteiger partial charge in [-0.25, -0.2) is 0 Å². The molecule has 0 aliphatic rings. The largest absolute Gasteiger partial charge is 0.465 e.